The lowest BCUT2D eigenvalue weighted by atomic mass is 10.2. The first-order valence-electron chi connectivity index (χ1n) is 7.04. The highest BCUT2D eigenvalue weighted by atomic mass is 19.1. The maximum absolute atomic E-state index is 13.4. The molecule has 0 atom stereocenters. The fourth-order valence-corrected chi connectivity index (χ4v) is 1.77. The zero-order valence-corrected chi connectivity index (χ0v) is 12.3. The van der Waals surface area contributed by atoms with Crippen molar-refractivity contribution in [1.29, 1.82) is 0 Å². The van der Waals surface area contributed by atoms with Crippen molar-refractivity contribution >= 4 is 0 Å². The first-order valence-corrected chi connectivity index (χ1v) is 7.04. The second-order valence-electron chi connectivity index (χ2n) is 5.27. The highest BCUT2D eigenvalue weighted by molar-refractivity contribution is 5.18. The van der Waals surface area contributed by atoms with Crippen molar-refractivity contribution in [2.45, 2.75) is 27.0 Å². The summed E-state index contributed by atoms with van der Waals surface area (Å²) in [7, 11) is 0. The summed E-state index contributed by atoms with van der Waals surface area (Å²) in [4.78, 5) is 0. The molecule has 0 bridgehead atoms. The van der Waals surface area contributed by atoms with Crippen molar-refractivity contribution in [3.8, 4) is 5.88 Å². The van der Waals surface area contributed by atoms with Gasteiger partial charge in [0.25, 0.3) is 0 Å². The highest BCUT2D eigenvalue weighted by Gasteiger charge is 2.03. The van der Waals surface area contributed by atoms with E-state index in [4.69, 9.17) is 4.74 Å². The van der Waals surface area contributed by atoms with Gasteiger partial charge in [0.15, 0.2) is 0 Å². The maximum Gasteiger partial charge on any atom is 0.233 e. The number of ether oxygens (including phenoxy) is 1. The van der Waals surface area contributed by atoms with Crippen molar-refractivity contribution in [1.82, 2.24) is 15.5 Å². The first kappa shape index (κ1) is 15.4. The lowest BCUT2D eigenvalue weighted by Crippen LogP contribution is -2.19. The van der Waals surface area contributed by atoms with E-state index < -0.39 is 0 Å². The monoisotopic (exact) mass is 289 g/mol. The minimum atomic E-state index is -0.278. The molecule has 2 aromatic rings. The molecule has 4 nitrogen and oxygen atoms in total. The molecule has 0 aliphatic heterocycles. The predicted octanol–water partition coefficient (Wildman–Crippen LogP) is 2.94. The number of rotatable bonds is 7. The van der Waals surface area contributed by atoms with Crippen LogP contribution < -0.4 is 10.1 Å². The minimum Gasteiger partial charge on any atom is -0.472 e. The second kappa shape index (κ2) is 7.69. The molecule has 0 fully saturated rings. The summed E-state index contributed by atoms with van der Waals surface area (Å²) < 4.78 is 18.9. The maximum atomic E-state index is 13.4. The van der Waals surface area contributed by atoms with E-state index in [0.717, 1.165) is 12.2 Å². The molecule has 21 heavy (non-hydrogen) atoms. The highest BCUT2D eigenvalue weighted by Crippen LogP contribution is 2.11. The molecule has 0 spiro atoms. The van der Waals surface area contributed by atoms with Crippen molar-refractivity contribution in [2.75, 3.05) is 6.54 Å². The molecular weight excluding hydrogens is 269 g/mol. The van der Waals surface area contributed by atoms with Gasteiger partial charge in [0.2, 0.25) is 5.88 Å². The molecule has 0 radical (unpaired) electrons. The Kier molecular flexibility index (Phi) is 5.63. The zero-order valence-electron chi connectivity index (χ0n) is 12.3. The average molecular weight is 289 g/mol. The van der Waals surface area contributed by atoms with Gasteiger partial charge < -0.3 is 10.1 Å². The number of aromatic nitrogens is 2. The SMILES string of the molecule is CC(C)CNCc1ccc(OCc2ccccc2F)nn1. The van der Waals surface area contributed by atoms with Gasteiger partial charge in [-0.05, 0) is 24.6 Å². The van der Waals surface area contributed by atoms with Gasteiger partial charge in [-0.1, -0.05) is 32.0 Å². The molecule has 2 rings (SSSR count). The predicted molar refractivity (Wildman–Crippen MR) is 79.3 cm³/mol. The quantitative estimate of drug-likeness (QED) is 0.851. The Labute approximate surface area is 124 Å². The standard InChI is InChI=1S/C16H20FN3O/c1-12(2)9-18-10-14-7-8-16(20-19-14)21-11-13-5-3-4-6-15(13)17/h3-8,12,18H,9-11H2,1-2H3. The summed E-state index contributed by atoms with van der Waals surface area (Å²) in [5, 5.41) is 11.4. The first-order chi connectivity index (χ1) is 10.1. The van der Waals surface area contributed by atoms with Crippen LogP contribution in [0.1, 0.15) is 25.1 Å². The van der Waals surface area contributed by atoms with Crippen LogP contribution in [-0.2, 0) is 13.2 Å². The van der Waals surface area contributed by atoms with Crippen molar-refractivity contribution < 1.29 is 9.13 Å². The van der Waals surface area contributed by atoms with Gasteiger partial charge in [0, 0.05) is 18.2 Å². The zero-order chi connectivity index (χ0) is 15.1. The Bertz CT molecular complexity index is 558. The van der Waals surface area contributed by atoms with Gasteiger partial charge in [-0.25, -0.2) is 4.39 Å². The molecule has 0 unspecified atom stereocenters. The van der Waals surface area contributed by atoms with Crippen LogP contribution in [0.3, 0.4) is 0 Å². The van der Waals surface area contributed by atoms with E-state index in [1.807, 2.05) is 6.07 Å². The van der Waals surface area contributed by atoms with Gasteiger partial charge in [-0.2, -0.15) is 5.10 Å². The molecule has 0 saturated carbocycles. The van der Waals surface area contributed by atoms with E-state index in [0.29, 0.717) is 23.9 Å². The minimum absolute atomic E-state index is 0.145. The lowest BCUT2D eigenvalue weighted by molar-refractivity contribution is 0.284. The van der Waals surface area contributed by atoms with Crippen LogP contribution in [0.2, 0.25) is 0 Å². The van der Waals surface area contributed by atoms with Crippen LogP contribution in [0.25, 0.3) is 0 Å². The summed E-state index contributed by atoms with van der Waals surface area (Å²) in [6.07, 6.45) is 0. The number of nitrogens with one attached hydrogen (secondary N) is 1. The Morgan fingerprint density at radius 1 is 1.14 bits per heavy atom. The number of benzene rings is 1. The summed E-state index contributed by atoms with van der Waals surface area (Å²) in [5.74, 6) is 0.715. The molecule has 0 saturated heterocycles. The van der Waals surface area contributed by atoms with Gasteiger partial charge in [-0.15, -0.1) is 5.10 Å². The third-order valence-electron chi connectivity index (χ3n) is 2.89. The largest absolute Gasteiger partial charge is 0.472 e. The third-order valence-corrected chi connectivity index (χ3v) is 2.89. The molecule has 1 N–H and O–H groups in total. The summed E-state index contributed by atoms with van der Waals surface area (Å²) in [5.41, 5.74) is 1.36. The van der Waals surface area contributed by atoms with E-state index in [2.05, 4.69) is 29.4 Å². The third kappa shape index (κ3) is 5.11. The molecular formula is C16H20FN3O. The van der Waals surface area contributed by atoms with Crippen LogP contribution in [0.4, 0.5) is 4.39 Å². The Hall–Kier alpha value is -2.01. The summed E-state index contributed by atoms with van der Waals surface area (Å²) >= 11 is 0. The average Bonchev–Trinajstić information content (AvgIpc) is 2.47. The lowest BCUT2D eigenvalue weighted by Gasteiger charge is -2.08. The number of halogens is 1. The molecule has 1 aromatic heterocycles. The van der Waals surface area contributed by atoms with Crippen LogP contribution in [0.5, 0.6) is 5.88 Å². The van der Waals surface area contributed by atoms with Crippen molar-refractivity contribution in [3.63, 3.8) is 0 Å². The normalized spacial score (nSPS) is 10.9. The molecule has 0 amide bonds. The topological polar surface area (TPSA) is 47.0 Å². The van der Waals surface area contributed by atoms with Gasteiger partial charge in [0.1, 0.15) is 12.4 Å². The van der Waals surface area contributed by atoms with E-state index in [1.54, 1.807) is 24.3 Å². The second-order valence-corrected chi connectivity index (χ2v) is 5.27. The Balaban J connectivity index is 1.84. The van der Waals surface area contributed by atoms with Gasteiger partial charge >= 0.3 is 0 Å². The summed E-state index contributed by atoms with van der Waals surface area (Å²) in [6.45, 7) is 6.06. The van der Waals surface area contributed by atoms with E-state index >= 15 is 0 Å². The molecule has 112 valence electrons. The molecule has 0 aliphatic rings. The Morgan fingerprint density at radius 3 is 2.62 bits per heavy atom. The van der Waals surface area contributed by atoms with Crippen LogP contribution in [0, 0.1) is 11.7 Å². The van der Waals surface area contributed by atoms with Crippen LogP contribution in [-0.4, -0.2) is 16.7 Å². The van der Waals surface area contributed by atoms with E-state index in [-0.39, 0.29) is 12.4 Å². The number of hydrogen-bond donors (Lipinski definition) is 1. The van der Waals surface area contributed by atoms with E-state index in [9.17, 15) is 4.39 Å². The van der Waals surface area contributed by atoms with Crippen molar-refractivity contribution in [2.24, 2.45) is 5.92 Å². The summed E-state index contributed by atoms with van der Waals surface area (Å²) in [6, 6.07) is 10.1. The smallest absolute Gasteiger partial charge is 0.233 e. The fraction of sp³-hybridized carbons (Fsp3) is 0.375. The van der Waals surface area contributed by atoms with Crippen LogP contribution >= 0.6 is 0 Å². The van der Waals surface area contributed by atoms with Crippen molar-refractivity contribution in [3.05, 3.63) is 53.5 Å². The molecule has 1 heterocycles. The van der Waals surface area contributed by atoms with Gasteiger partial charge in [0.05, 0.1) is 5.69 Å². The van der Waals surface area contributed by atoms with E-state index in [1.165, 1.54) is 6.07 Å². The molecule has 5 heteroatoms. The Morgan fingerprint density at radius 2 is 1.95 bits per heavy atom. The fourth-order valence-electron chi connectivity index (χ4n) is 1.77. The molecule has 1 aromatic carbocycles. The molecule has 0 aliphatic carbocycles. The van der Waals surface area contributed by atoms with Crippen LogP contribution in [0.15, 0.2) is 36.4 Å². The number of hydrogen-bond acceptors (Lipinski definition) is 4. The van der Waals surface area contributed by atoms with Gasteiger partial charge in [-0.3, -0.25) is 0 Å². The number of nitrogens with zero attached hydrogens (tertiary/aromatic N) is 2.